The molecular formula is C18H19N3. The number of benzene rings is 1. The number of hydrogen-bond donors (Lipinski definition) is 0. The maximum Gasteiger partial charge on any atom is 0.161 e. The molecule has 0 N–H and O–H groups in total. The predicted molar refractivity (Wildman–Crippen MR) is 88.1 cm³/mol. The first kappa shape index (κ1) is 13.6. The van der Waals surface area contributed by atoms with Crippen molar-refractivity contribution in [2.75, 3.05) is 11.4 Å². The predicted octanol–water partition coefficient (Wildman–Crippen LogP) is 4.40. The van der Waals surface area contributed by atoms with E-state index in [1.807, 2.05) is 26.0 Å². The van der Waals surface area contributed by atoms with Gasteiger partial charge in [-0.25, -0.2) is 9.97 Å². The highest BCUT2D eigenvalue weighted by Crippen LogP contribution is 2.31. The van der Waals surface area contributed by atoms with Gasteiger partial charge in [-0.3, -0.25) is 0 Å². The maximum absolute atomic E-state index is 4.57. The Hall–Kier alpha value is -2.42. The molecule has 0 aliphatic heterocycles. The number of aryl methyl sites for hydroxylation is 2. The van der Waals surface area contributed by atoms with Crippen molar-refractivity contribution >= 4 is 22.4 Å². The first-order chi connectivity index (χ1) is 10.2. The van der Waals surface area contributed by atoms with E-state index in [-0.39, 0.29) is 0 Å². The van der Waals surface area contributed by atoms with Crippen LogP contribution in [0.15, 0.2) is 48.5 Å². The molecule has 21 heavy (non-hydrogen) atoms. The minimum Gasteiger partial charge on any atom is -0.341 e. The molecule has 0 amide bonds. The molecule has 1 aromatic carbocycles. The first-order valence-electron chi connectivity index (χ1n) is 7.26. The fourth-order valence-corrected chi connectivity index (χ4v) is 2.63. The summed E-state index contributed by atoms with van der Waals surface area (Å²) in [6, 6.07) is 16.7. The fraction of sp³-hybridized carbons (Fsp3) is 0.222. The molecule has 3 aromatic rings. The van der Waals surface area contributed by atoms with E-state index < -0.39 is 0 Å². The number of anilines is 2. The number of para-hydroxylation sites is 1. The van der Waals surface area contributed by atoms with Crippen LogP contribution >= 0.6 is 0 Å². The summed E-state index contributed by atoms with van der Waals surface area (Å²) in [5, 5.41) is 1.09. The SMILES string of the molecule is CCN(c1ccccc1)c1cc(C)nc2nc(C)ccc12. The quantitative estimate of drug-likeness (QED) is 0.710. The van der Waals surface area contributed by atoms with Crippen LogP contribution in [-0.2, 0) is 0 Å². The van der Waals surface area contributed by atoms with E-state index in [1.54, 1.807) is 0 Å². The van der Waals surface area contributed by atoms with Gasteiger partial charge in [-0.05, 0) is 51.1 Å². The van der Waals surface area contributed by atoms with Gasteiger partial charge in [0, 0.05) is 29.0 Å². The molecule has 0 aliphatic carbocycles. The van der Waals surface area contributed by atoms with Crippen LogP contribution in [0.3, 0.4) is 0 Å². The molecule has 0 bridgehead atoms. The highest BCUT2D eigenvalue weighted by molar-refractivity contribution is 5.92. The van der Waals surface area contributed by atoms with E-state index in [9.17, 15) is 0 Å². The molecule has 0 aliphatic rings. The van der Waals surface area contributed by atoms with Crippen LogP contribution in [0.2, 0.25) is 0 Å². The van der Waals surface area contributed by atoms with Crippen molar-refractivity contribution in [3.05, 3.63) is 59.9 Å². The van der Waals surface area contributed by atoms with Crippen LogP contribution < -0.4 is 4.90 Å². The summed E-state index contributed by atoms with van der Waals surface area (Å²) in [5.74, 6) is 0. The second kappa shape index (κ2) is 5.52. The van der Waals surface area contributed by atoms with Crippen LogP contribution in [-0.4, -0.2) is 16.5 Å². The average Bonchev–Trinajstić information content (AvgIpc) is 2.48. The van der Waals surface area contributed by atoms with Crippen molar-refractivity contribution in [2.45, 2.75) is 20.8 Å². The second-order valence-corrected chi connectivity index (χ2v) is 5.19. The van der Waals surface area contributed by atoms with Gasteiger partial charge in [0.05, 0.1) is 5.69 Å². The average molecular weight is 277 g/mol. The standard InChI is InChI=1S/C18H19N3/c1-4-21(15-8-6-5-7-9-15)17-12-14(3)20-18-16(17)11-10-13(2)19-18/h5-12H,4H2,1-3H3. The first-order valence-corrected chi connectivity index (χ1v) is 7.26. The lowest BCUT2D eigenvalue weighted by Gasteiger charge is -2.25. The van der Waals surface area contributed by atoms with Crippen LogP contribution in [0.5, 0.6) is 0 Å². The van der Waals surface area contributed by atoms with Crippen LogP contribution in [0, 0.1) is 13.8 Å². The molecular weight excluding hydrogens is 258 g/mol. The van der Waals surface area contributed by atoms with Gasteiger partial charge < -0.3 is 4.90 Å². The van der Waals surface area contributed by atoms with Crippen molar-refractivity contribution in [3.63, 3.8) is 0 Å². The van der Waals surface area contributed by atoms with E-state index in [4.69, 9.17) is 0 Å². The zero-order chi connectivity index (χ0) is 14.8. The lowest BCUT2D eigenvalue weighted by atomic mass is 10.1. The monoisotopic (exact) mass is 277 g/mol. The Morgan fingerprint density at radius 2 is 1.62 bits per heavy atom. The Labute approximate surface area is 125 Å². The maximum atomic E-state index is 4.57. The Bertz CT molecular complexity index is 761. The van der Waals surface area contributed by atoms with E-state index >= 15 is 0 Å². The molecule has 2 aromatic heterocycles. The molecule has 0 radical (unpaired) electrons. The number of rotatable bonds is 3. The third kappa shape index (κ3) is 2.59. The summed E-state index contributed by atoms with van der Waals surface area (Å²) in [4.78, 5) is 11.4. The van der Waals surface area contributed by atoms with Crippen molar-refractivity contribution in [2.24, 2.45) is 0 Å². The Morgan fingerprint density at radius 1 is 0.905 bits per heavy atom. The number of pyridine rings is 2. The number of nitrogens with zero attached hydrogens (tertiary/aromatic N) is 3. The van der Waals surface area contributed by atoms with Gasteiger partial charge in [-0.2, -0.15) is 0 Å². The van der Waals surface area contributed by atoms with Crippen LogP contribution in [0.1, 0.15) is 18.3 Å². The number of aromatic nitrogens is 2. The second-order valence-electron chi connectivity index (χ2n) is 5.19. The van der Waals surface area contributed by atoms with Gasteiger partial charge in [0.2, 0.25) is 0 Å². The van der Waals surface area contributed by atoms with Gasteiger partial charge in [0.25, 0.3) is 0 Å². The molecule has 2 heterocycles. The highest BCUT2D eigenvalue weighted by atomic mass is 15.1. The summed E-state index contributed by atoms with van der Waals surface area (Å²) in [6.45, 7) is 7.08. The van der Waals surface area contributed by atoms with Crippen molar-refractivity contribution in [1.82, 2.24) is 9.97 Å². The summed E-state index contributed by atoms with van der Waals surface area (Å²) < 4.78 is 0. The lowest BCUT2D eigenvalue weighted by molar-refractivity contribution is 1.02. The number of hydrogen-bond acceptors (Lipinski definition) is 3. The van der Waals surface area contributed by atoms with E-state index in [0.29, 0.717) is 0 Å². The molecule has 0 atom stereocenters. The van der Waals surface area contributed by atoms with E-state index in [2.05, 4.69) is 58.2 Å². The number of fused-ring (bicyclic) bond motifs is 1. The molecule has 3 heteroatoms. The molecule has 3 nitrogen and oxygen atoms in total. The molecule has 0 saturated carbocycles. The summed E-state index contributed by atoms with van der Waals surface area (Å²) in [6.07, 6.45) is 0. The van der Waals surface area contributed by atoms with Gasteiger partial charge >= 0.3 is 0 Å². The Balaban J connectivity index is 2.23. The normalized spacial score (nSPS) is 10.8. The van der Waals surface area contributed by atoms with Gasteiger partial charge in [0.1, 0.15) is 0 Å². The van der Waals surface area contributed by atoms with Gasteiger partial charge in [0.15, 0.2) is 5.65 Å². The third-order valence-corrected chi connectivity index (χ3v) is 3.59. The molecule has 3 rings (SSSR count). The van der Waals surface area contributed by atoms with Gasteiger partial charge in [-0.1, -0.05) is 18.2 Å². The molecule has 0 saturated heterocycles. The van der Waals surface area contributed by atoms with E-state index in [0.717, 1.165) is 29.0 Å². The topological polar surface area (TPSA) is 29.0 Å². The van der Waals surface area contributed by atoms with Crippen molar-refractivity contribution in [1.29, 1.82) is 0 Å². The third-order valence-electron chi connectivity index (χ3n) is 3.59. The molecule has 106 valence electrons. The van der Waals surface area contributed by atoms with Crippen LogP contribution in [0.25, 0.3) is 11.0 Å². The lowest BCUT2D eigenvalue weighted by Crippen LogP contribution is -2.16. The molecule has 0 spiro atoms. The van der Waals surface area contributed by atoms with Crippen LogP contribution in [0.4, 0.5) is 11.4 Å². The summed E-state index contributed by atoms with van der Waals surface area (Å²) in [7, 11) is 0. The highest BCUT2D eigenvalue weighted by Gasteiger charge is 2.13. The molecule has 0 fully saturated rings. The molecule has 0 unspecified atom stereocenters. The minimum absolute atomic E-state index is 0.819. The summed E-state index contributed by atoms with van der Waals surface area (Å²) in [5.41, 5.74) is 5.16. The van der Waals surface area contributed by atoms with Gasteiger partial charge in [-0.15, -0.1) is 0 Å². The van der Waals surface area contributed by atoms with E-state index in [1.165, 1.54) is 11.4 Å². The largest absolute Gasteiger partial charge is 0.341 e. The zero-order valence-corrected chi connectivity index (χ0v) is 12.7. The Kier molecular flexibility index (Phi) is 3.57. The zero-order valence-electron chi connectivity index (χ0n) is 12.7. The minimum atomic E-state index is 0.819. The fourth-order valence-electron chi connectivity index (χ4n) is 2.63. The Morgan fingerprint density at radius 3 is 2.33 bits per heavy atom. The smallest absolute Gasteiger partial charge is 0.161 e. The van der Waals surface area contributed by atoms with Crippen molar-refractivity contribution in [3.8, 4) is 0 Å². The van der Waals surface area contributed by atoms with Crippen molar-refractivity contribution < 1.29 is 0 Å². The summed E-state index contributed by atoms with van der Waals surface area (Å²) >= 11 is 0.